The van der Waals surface area contributed by atoms with Crippen molar-refractivity contribution in [2.45, 2.75) is 78.3 Å². The molecule has 0 aliphatic heterocycles. The highest BCUT2D eigenvalue weighted by molar-refractivity contribution is 5.01. The molecule has 1 rings (SSSR count). The summed E-state index contributed by atoms with van der Waals surface area (Å²) in [5.41, 5.74) is 0.392. The van der Waals surface area contributed by atoms with E-state index in [-0.39, 0.29) is 6.04 Å². The maximum Gasteiger partial charge on any atom is 0.0689 e. The molecule has 0 aromatic heterocycles. The summed E-state index contributed by atoms with van der Waals surface area (Å²) in [5.74, 6) is 3.68. The highest BCUT2D eigenvalue weighted by Crippen LogP contribution is 2.38. The topological polar surface area (TPSA) is 12.0 Å². The maximum atomic E-state index is 5.62. The summed E-state index contributed by atoms with van der Waals surface area (Å²) in [6.07, 6.45) is 13.3. The van der Waals surface area contributed by atoms with Gasteiger partial charge in [-0.25, -0.2) is 0 Å². The Morgan fingerprint density at radius 1 is 1.29 bits per heavy atom. The van der Waals surface area contributed by atoms with Crippen molar-refractivity contribution in [3.63, 3.8) is 0 Å². The van der Waals surface area contributed by atoms with E-state index in [1.807, 2.05) is 0 Å². The van der Waals surface area contributed by atoms with Crippen molar-refractivity contribution >= 4 is 0 Å². The zero-order chi connectivity index (χ0) is 12.9. The molecule has 0 aromatic carbocycles. The molecule has 3 atom stereocenters. The molecule has 0 spiro atoms. The van der Waals surface area contributed by atoms with E-state index in [4.69, 9.17) is 6.42 Å². The minimum Gasteiger partial charge on any atom is -0.301 e. The summed E-state index contributed by atoms with van der Waals surface area (Å²) in [6, 6.07) is 0.893. The molecule has 3 unspecified atom stereocenters. The molecule has 1 aliphatic rings. The lowest BCUT2D eigenvalue weighted by atomic mass is 9.69. The molecule has 0 aromatic rings. The smallest absolute Gasteiger partial charge is 0.0689 e. The fraction of sp³-hybridized carbons (Fsp3) is 0.875. The lowest BCUT2D eigenvalue weighted by Crippen LogP contribution is -2.47. The van der Waals surface area contributed by atoms with E-state index >= 15 is 0 Å². The van der Waals surface area contributed by atoms with Gasteiger partial charge in [0.05, 0.1) is 6.04 Å². The Kier molecular flexibility index (Phi) is 5.53. The van der Waals surface area contributed by atoms with Crippen molar-refractivity contribution < 1.29 is 0 Å². The number of rotatable bonds is 4. The van der Waals surface area contributed by atoms with Crippen molar-refractivity contribution in [1.29, 1.82) is 0 Å². The monoisotopic (exact) mass is 235 g/mol. The van der Waals surface area contributed by atoms with Crippen molar-refractivity contribution in [1.82, 2.24) is 5.32 Å². The summed E-state index contributed by atoms with van der Waals surface area (Å²) in [6.45, 7) is 9.29. The molecule has 17 heavy (non-hydrogen) atoms. The Bertz CT molecular complexity index is 256. The third kappa shape index (κ3) is 4.36. The van der Waals surface area contributed by atoms with Crippen molar-refractivity contribution in [3.05, 3.63) is 0 Å². The van der Waals surface area contributed by atoms with Gasteiger partial charge in [0.15, 0.2) is 0 Å². The Labute approximate surface area is 108 Å². The molecule has 98 valence electrons. The van der Waals surface area contributed by atoms with E-state index in [1.165, 1.54) is 25.7 Å². The number of nitrogens with one attached hydrogen (secondary N) is 1. The van der Waals surface area contributed by atoms with Crippen LogP contribution in [0.25, 0.3) is 0 Å². The van der Waals surface area contributed by atoms with Crippen LogP contribution in [0.5, 0.6) is 0 Å². The van der Waals surface area contributed by atoms with Crippen LogP contribution in [0.2, 0.25) is 0 Å². The van der Waals surface area contributed by atoms with Crippen molar-refractivity contribution in [2.24, 2.45) is 11.3 Å². The Hall–Kier alpha value is -0.480. The van der Waals surface area contributed by atoms with Crippen LogP contribution in [0.1, 0.15) is 66.2 Å². The van der Waals surface area contributed by atoms with Gasteiger partial charge in [-0.2, -0.15) is 0 Å². The molecule has 1 N–H and O–H groups in total. The van der Waals surface area contributed by atoms with Gasteiger partial charge in [-0.1, -0.05) is 52.9 Å². The summed E-state index contributed by atoms with van der Waals surface area (Å²) in [4.78, 5) is 0. The molecule has 1 fully saturated rings. The highest BCUT2D eigenvalue weighted by atomic mass is 15.0. The number of hydrogen-bond donors (Lipinski definition) is 1. The average Bonchev–Trinajstić information content (AvgIpc) is 2.27. The molecule has 0 heterocycles. The van der Waals surface area contributed by atoms with E-state index in [0.717, 1.165) is 18.8 Å². The summed E-state index contributed by atoms with van der Waals surface area (Å²) in [7, 11) is 0. The molecule has 0 radical (unpaired) electrons. The summed E-state index contributed by atoms with van der Waals surface area (Å²) < 4.78 is 0. The molecule has 0 saturated heterocycles. The van der Waals surface area contributed by atoms with Crippen LogP contribution in [0.4, 0.5) is 0 Å². The predicted octanol–water partition coefficient (Wildman–Crippen LogP) is 3.98. The van der Waals surface area contributed by atoms with Gasteiger partial charge in [0, 0.05) is 6.04 Å². The number of terminal acetylenes is 1. The van der Waals surface area contributed by atoms with Crippen LogP contribution < -0.4 is 5.32 Å². The quantitative estimate of drug-likeness (QED) is 0.727. The predicted molar refractivity (Wildman–Crippen MR) is 75.9 cm³/mol. The highest BCUT2D eigenvalue weighted by Gasteiger charge is 2.34. The minimum atomic E-state index is 0.271. The van der Waals surface area contributed by atoms with Gasteiger partial charge in [-0.05, 0) is 30.6 Å². The zero-order valence-corrected chi connectivity index (χ0v) is 12.1. The molecule has 0 amide bonds. The second kappa shape index (κ2) is 6.45. The van der Waals surface area contributed by atoms with Crippen molar-refractivity contribution in [2.75, 3.05) is 0 Å². The van der Waals surface area contributed by atoms with Crippen LogP contribution in [-0.4, -0.2) is 12.1 Å². The van der Waals surface area contributed by atoms with Gasteiger partial charge in [-0.15, -0.1) is 6.42 Å². The van der Waals surface area contributed by atoms with Gasteiger partial charge in [0.25, 0.3) is 0 Å². The van der Waals surface area contributed by atoms with Gasteiger partial charge in [0.1, 0.15) is 0 Å². The van der Waals surface area contributed by atoms with Gasteiger partial charge in [-0.3, -0.25) is 0 Å². The number of hydrogen-bond acceptors (Lipinski definition) is 1. The third-order valence-corrected chi connectivity index (χ3v) is 4.07. The summed E-state index contributed by atoms with van der Waals surface area (Å²) >= 11 is 0. The van der Waals surface area contributed by atoms with Crippen LogP contribution in [0.3, 0.4) is 0 Å². The van der Waals surface area contributed by atoms with E-state index < -0.39 is 0 Å². The van der Waals surface area contributed by atoms with Crippen molar-refractivity contribution in [3.8, 4) is 12.3 Å². The Morgan fingerprint density at radius 2 is 1.94 bits per heavy atom. The minimum absolute atomic E-state index is 0.271. The zero-order valence-electron chi connectivity index (χ0n) is 12.1. The first-order valence-corrected chi connectivity index (χ1v) is 7.21. The first kappa shape index (κ1) is 14.6. The Balaban J connectivity index is 2.62. The molecule has 1 nitrogen and oxygen atoms in total. The lowest BCUT2D eigenvalue weighted by Gasteiger charge is -2.42. The maximum absolute atomic E-state index is 5.62. The molecule has 1 aliphatic carbocycles. The van der Waals surface area contributed by atoms with Gasteiger partial charge >= 0.3 is 0 Å². The molecular weight excluding hydrogens is 206 g/mol. The lowest BCUT2D eigenvalue weighted by molar-refractivity contribution is 0.126. The normalized spacial score (nSPS) is 27.5. The van der Waals surface area contributed by atoms with E-state index in [0.29, 0.717) is 11.5 Å². The molecule has 0 bridgehead atoms. The SMILES string of the molecule is C#CC(CCC)NC1CCCCC1C(C)(C)C. The summed E-state index contributed by atoms with van der Waals surface area (Å²) in [5, 5.41) is 3.73. The fourth-order valence-electron chi connectivity index (χ4n) is 3.13. The van der Waals surface area contributed by atoms with E-state index in [2.05, 4.69) is 38.9 Å². The Morgan fingerprint density at radius 3 is 2.47 bits per heavy atom. The van der Waals surface area contributed by atoms with E-state index in [9.17, 15) is 0 Å². The molecule has 1 saturated carbocycles. The fourth-order valence-corrected chi connectivity index (χ4v) is 3.13. The third-order valence-electron chi connectivity index (χ3n) is 4.07. The van der Waals surface area contributed by atoms with Gasteiger partial charge in [0.2, 0.25) is 0 Å². The average molecular weight is 235 g/mol. The standard InChI is InChI=1S/C16H29N/c1-6-10-13(7-2)17-15-12-9-8-11-14(15)16(3,4)5/h2,13-15,17H,6,8-12H2,1,3-5H3. The van der Waals surface area contributed by atoms with Crippen LogP contribution in [0, 0.1) is 23.7 Å². The molecular formula is C16H29N. The van der Waals surface area contributed by atoms with Crippen LogP contribution in [-0.2, 0) is 0 Å². The van der Waals surface area contributed by atoms with Gasteiger partial charge < -0.3 is 5.32 Å². The second-order valence-electron chi connectivity index (χ2n) is 6.54. The van der Waals surface area contributed by atoms with E-state index in [1.54, 1.807) is 0 Å². The first-order chi connectivity index (χ1) is 7.99. The van der Waals surface area contributed by atoms with Crippen LogP contribution >= 0.6 is 0 Å². The largest absolute Gasteiger partial charge is 0.301 e. The first-order valence-electron chi connectivity index (χ1n) is 7.21. The molecule has 1 heteroatoms. The second-order valence-corrected chi connectivity index (χ2v) is 6.54. The van der Waals surface area contributed by atoms with Crippen LogP contribution in [0.15, 0.2) is 0 Å².